The zero-order chi connectivity index (χ0) is 20.5. The number of nitrogens with zero attached hydrogens (tertiary/aromatic N) is 2. The van der Waals surface area contributed by atoms with Crippen LogP contribution in [0.2, 0.25) is 5.15 Å². The van der Waals surface area contributed by atoms with E-state index in [2.05, 4.69) is 21.7 Å². The minimum atomic E-state index is -0.326. The highest BCUT2D eigenvalue weighted by Gasteiger charge is 2.07. The standard InChI is InChI=1S/C22H19ClN4O2/c23-21-10-7-17(13-25-21)14-26-22(28)27-20-4-2-1-3-18(20)15-29-19-8-5-16(6-9-19)11-12-24/h1-10,13H,11,14-15H2,(H2,26,27,28). The van der Waals surface area contributed by atoms with Crippen molar-refractivity contribution in [3.05, 3.63) is 88.7 Å². The Morgan fingerprint density at radius 2 is 1.83 bits per heavy atom. The van der Waals surface area contributed by atoms with Gasteiger partial charge < -0.3 is 15.4 Å². The first-order valence-electron chi connectivity index (χ1n) is 8.96. The summed E-state index contributed by atoms with van der Waals surface area (Å²) >= 11 is 5.76. The van der Waals surface area contributed by atoms with Crippen LogP contribution in [-0.2, 0) is 19.6 Å². The van der Waals surface area contributed by atoms with E-state index in [-0.39, 0.29) is 6.03 Å². The van der Waals surface area contributed by atoms with Crippen molar-refractivity contribution in [3.63, 3.8) is 0 Å². The Morgan fingerprint density at radius 3 is 2.55 bits per heavy atom. The van der Waals surface area contributed by atoms with Crippen LogP contribution in [0.1, 0.15) is 16.7 Å². The van der Waals surface area contributed by atoms with Gasteiger partial charge in [0, 0.05) is 24.0 Å². The number of urea groups is 1. The normalized spacial score (nSPS) is 10.1. The zero-order valence-corrected chi connectivity index (χ0v) is 16.3. The maximum absolute atomic E-state index is 12.2. The van der Waals surface area contributed by atoms with Crippen LogP contribution in [-0.4, -0.2) is 11.0 Å². The molecule has 2 N–H and O–H groups in total. The monoisotopic (exact) mass is 406 g/mol. The number of amides is 2. The van der Waals surface area contributed by atoms with E-state index in [9.17, 15) is 4.79 Å². The molecule has 0 radical (unpaired) electrons. The van der Waals surface area contributed by atoms with Crippen molar-refractivity contribution >= 4 is 23.3 Å². The topological polar surface area (TPSA) is 87.0 Å². The number of aromatic nitrogens is 1. The maximum atomic E-state index is 12.2. The highest BCUT2D eigenvalue weighted by molar-refractivity contribution is 6.29. The average Bonchev–Trinajstić information content (AvgIpc) is 2.74. The fourth-order valence-electron chi connectivity index (χ4n) is 2.58. The lowest BCUT2D eigenvalue weighted by atomic mass is 10.1. The van der Waals surface area contributed by atoms with Gasteiger partial charge >= 0.3 is 6.03 Å². The van der Waals surface area contributed by atoms with Gasteiger partial charge in [-0.15, -0.1) is 0 Å². The van der Waals surface area contributed by atoms with Crippen LogP contribution in [0.5, 0.6) is 5.75 Å². The molecule has 0 unspecified atom stereocenters. The van der Waals surface area contributed by atoms with E-state index in [4.69, 9.17) is 21.6 Å². The summed E-state index contributed by atoms with van der Waals surface area (Å²) in [6, 6.07) is 20.1. The second-order valence-corrected chi connectivity index (χ2v) is 6.61. The van der Waals surface area contributed by atoms with E-state index >= 15 is 0 Å². The molecule has 3 rings (SSSR count). The number of pyridine rings is 1. The molecule has 0 aliphatic rings. The van der Waals surface area contributed by atoms with Gasteiger partial charge in [-0.25, -0.2) is 9.78 Å². The molecule has 2 amide bonds. The first kappa shape index (κ1) is 20.2. The molecular formula is C22H19ClN4O2. The van der Waals surface area contributed by atoms with E-state index in [0.717, 1.165) is 16.7 Å². The fraction of sp³-hybridized carbons (Fsp3) is 0.136. The maximum Gasteiger partial charge on any atom is 0.319 e. The Hall–Kier alpha value is -3.56. The number of ether oxygens (including phenoxy) is 1. The number of benzene rings is 2. The molecular weight excluding hydrogens is 388 g/mol. The number of para-hydroxylation sites is 1. The lowest BCUT2D eigenvalue weighted by molar-refractivity contribution is 0.251. The molecule has 7 heteroatoms. The Bertz CT molecular complexity index is 999. The summed E-state index contributed by atoms with van der Waals surface area (Å²) in [6.07, 6.45) is 1.99. The van der Waals surface area contributed by atoms with Crippen molar-refractivity contribution in [1.29, 1.82) is 5.26 Å². The highest BCUT2D eigenvalue weighted by atomic mass is 35.5. The Kier molecular flexibility index (Phi) is 7.04. The number of nitrogens with one attached hydrogen (secondary N) is 2. The van der Waals surface area contributed by atoms with Crippen LogP contribution >= 0.6 is 11.6 Å². The van der Waals surface area contributed by atoms with Crippen LogP contribution in [0.3, 0.4) is 0 Å². The van der Waals surface area contributed by atoms with Crippen molar-refractivity contribution in [2.75, 3.05) is 5.32 Å². The number of hydrogen-bond donors (Lipinski definition) is 2. The van der Waals surface area contributed by atoms with Crippen LogP contribution in [0.25, 0.3) is 0 Å². The van der Waals surface area contributed by atoms with E-state index in [1.165, 1.54) is 0 Å². The number of halogens is 1. The van der Waals surface area contributed by atoms with Gasteiger partial charge in [-0.1, -0.05) is 48.0 Å². The summed E-state index contributed by atoms with van der Waals surface area (Å²) in [6.45, 7) is 0.638. The molecule has 2 aromatic carbocycles. The summed E-state index contributed by atoms with van der Waals surface area (Å²) in [5, 5.41) is 14.8. The first-order chi connectivity index (χ1) is 14.1. The van der Waals surface area contributed by atoms with Gasteiger partial charge in [0.2, 0.25) is 0 Å². The summed E-state index contributed by atoms with van der Waals surface area (Å²) in [5.41, 5.74) is 3.30. The molecule has 1 heterocycles. The van der Waals surface area contributed by atoms with Crippen molar-refractivity contribution in [2.45, 2.75) is 19.6 Å². The molecule has 29 heavy (non-hydrogen) atoms. The molecule has 0 fully saturated rings. The SMILES string of the molecule is N#CCc1ccc(OCc2ccccc2NC(=O)NCc2ccc(Cl)nc2)cc1. The van der Waals surface area contributed by atoms with E-state index in [0.29, 0.717) is 36.2 Å². The van der Waals surface area contributed by atoms with Crippen molar-refractivity contribution < 1.29 is 9.53 Å². The molecule has 3 aromatic rings. The Labute approximate surface area is 174 Å². The van der Waals surface area contributed by atoms with Gasteiger partial charge in [-0.2, -0.15) is 5.26 Å². The van der Waals surface area contributed by atoms with Gasteiger partial charge in [0.05, 0.1) is 12.5 Å². The fourth-order valence-corrected chi connectivity index (χ4v) is 2.70. The Balaban J connectivity index is 1.56. The van der Waals surface area contributed by atoms with Crippen LogP contribution in [0.4, 0.5) is 10.5 Å². The molecule has 0 bridgehead atoms. The number of carbonyl (C=O) groups is 1. The molecule has 0 saturated heterocycles. The van der Waals surface area contributed by atoms with Crippen molar-refractivity contribution in [1.82, 2.24) is 10.3 Å². The summed E-state index contributed by atoms with van der Waals surface area (Å²) in [4.78, 5) is 16.2. The van der Waals surface area contributed by atoms with E-state index in [1.54, 1.807) is 18.3 Å². The van der Waals surface area contributed by atoms with Crippen LogP contribution in [0, 0.1) is 11.3 Å². The molecule has 1 aromatic heterocycles. The minimum Gasteiger partial charge on any atom is -0.489 e. The van der Waals surface area contributed by atoms with Crippen molar-refractivity contribution in [2.24, 2.45) is 0 Å². The van der Waals surface area contributed by atoms with Crippen molar-refractivity contribution in [3.8, 4) is 11.8 Å². The predicted molar refractivity (Wildman–Crippen MR) is 112 cm³/mol. The number of hydrogen-bond acceptors (Lipinski definition) is 4. The van der Waals surface area contributed by atoms with Gasteiger partial charge in [0.25, 0.3) is 0 Å². The molecule has 0 spiro atoms. The van der Waals surface area contributed by atoms with Crippen LogP contribution in [0.15, 0.2) is 66.9 Å². The average molecular weight is 407 g/mol. The van der Waals surface area contributed by atoms with E-state index in [1.807, 2.05) is 48.5 Å². The zero-order valence-electron chi connectivity index (χ0n) is 15.6. The predicted octanol–water partition coefficient (Wildman–Crippen LogP) is 4.70. The highest BCUT2D eigenvalue weighted by Crippen LogP contribution is 2.19. The third kappa shape index (κ3) is 6.23. The summed E-state index contributed by atoms with van der Waals surface area (Å²) < 4.78 is 5.81. The largest absolute Gasteiger partial charge is 0.489 e. The lowest BCUT2D eigenvalue weighted by Crippen LogP contribution is -2.28. The third-order valence-corrected chi connectivity index (χ3v) is 4.33. The lowest BCUT2D eigenvalue weighted by Gasteiger charge is -2.13. The Morgan fingerprint density at radius 1 is 1.07 bits per heavy atom. The number of rotatable bonds is 7. The third-order valence-electron chi connectivity index (χ3n) is 4.11. The number of carbonyl (C=O) groups excluding carboxylic acids is 1. The quantitative estimate of drug-likeness (QED) is 0.556. The second kappa shape index (κ2) is 10.1. The smallest absolute Gasteiger partial charge is 0.319 e. The molecule has 0 atom stereocenters. The molecule has 0 aliphatic heterocycles. The minimum absolute atomic E-state index is 0.301. The van der Waals surface area contributed by atoms with Gasteiger partial charge in [-0.05, 0) is 35.4 Å². The van der Waals surface area contributed by atoms with Gasteiger partial charge in [0.15, 0.2) is 0 Å². The molecule has 6 nitrogen and oxygen atoms in total. The number of nitriles is 1. The van der Waals surface area contributed by atoms with Gasteiger partial charge in [-0.3, -0.25) is 0 Å². The number of anilines is 1. The second-order valence-electron chi connectivity index (χ2n) is 6.22. The van der Waals surface area contributed by atoms with Crippen LogP contribution < -0.4 is 15.4 Å². The first-order valence-corrected chi connectivity index (χ1v) is 9.34. The molecule has 146 valence electrons. The summed E-state index contributed by atoms with van der Waals surface area (Å²) in [7, 11) is 0. The molecule has 0 aliphatic carbocycles. The summed E-state index contributed by atoms with van der Waals surface area (Å²) in [5.74, 6) is 0.696. The van der Waals surface area contributed by atoms with Gasteiger partial charge in [0.1, 0.15) is 17.5 Å². The van der Waals surface area contributed by atoms with E-state index < -0.39 is 0 Å². The molecule has 0 saturated carbocycles.